The summed E-state index contributed by atoms with van der Waals surface area (Å²) in [6.07, 6.45) is 0.744. The molecule has 1 aromatic carbocycles. The molecule has 0 radical (unpaired) electrons. The molecule has 6 nitrogen and oxygen atoms in total. The predicted octanol–water partition coefficient (Wildman–Crippen LogP) is 0.852. The van der Waals surface area contributed by atoms with E-state index in [1.165, 1.54) is 0 Å². The van der Waals surface area contributed by atoms with Crippen molar-refractivity contribution in [2.75, 3.05) is 13.7 Å². The van der Waals surface area contributed by atoms with E-state index in [0.29, 0.717) is 6.54 Å². The number of halogens is 2. The molecule has 0 fully saturated rings. The van der Waals surface area contributed by atoms with Crippen molar-refractivity contribution >= 4 is 46.9 Å². The highest BCUT2D eigenvalue weighted by molar-refractivity contribution is 14.1. The Kier molecular flexibility index (Phi) is 8.24. The lowest BCUT2D eigenvalue weighted by Gasteiger charge is -2.05. The average molecular weight is 398 g/mol. The lowest BCUT2D eigenvalue weighted by molar-refractivity contribution is 0.411. The Bertz CT molecular complexity index is 474. The number of nitrogens with zero attached hydrogens (tertiary/aromatic N) is 2. The van der Waals surface area contributed by atoms with Crippen molar-refractivity contribution in [2.45, 2.75) is 6.42 Å². The number of benzene rings is 1. The van der Waals surface area contributed by atoms with Gasteiger partial charge in [0, 0.05) is 6.54 Å². The quantitative estimate of drug-likeness (QED) is 0.397. The standard InChI is InChI=1S/C11H16IN5O.ClH/c1-18-9-6-7(2-3-8(9)12)4-5-16-11(15)17-10(13)14;/h2-3,6H,4-5H2,1H3,(H6,13,14,15,16,17);1H. The Labute approximate surface area is 132 Å². The Morgan fingerprint density at radius 1 is 1.32 bits per heavy atom. The van der Waals surface area contributed by atoms with E-state index in [-0.39, 0.29) is 24.3 Å². The van der Waals surface area contributed by atoms with Crippen LogP contribution in [0.4, 0.5) is 0 Å². The first-order valence-corrected chi connectivity index (χ1v) is 6.32. The number of nitrogens with two attached hydrogens (primary N) is 3. The molecule has 0 aliphatic rings. The third-order valence-corrected chi connectivity index (χ3v) is 3.02. The molecule has 0 saturated carbocycles. The fraction of sp³-hybridized carbons (Fsp3) is 0.273. The Morgan fingerprint density at radius 3 is 2.58 bits per heavy atom. The highest BCUT2D eigenvalue weighted by atomic mass is 127. The van der Waals surface area contributed by atoms with Gasteiger partial charge in [-0.3, -0.25) is 4.99 Å². The molecule has 1 aromatic rings. The summed E-state index contributed by atoms with van der Waals surface area (Å²) in [5.74, 6) is 0.855. The van der Waals surface area contributed by atoms with E-state index in [0.717, 1.165) is 21.3 Å². The Morgan fingerprint density at radius 2 is 2.00 bits per heavy atom. The molecule has 8 heteroatoms. The van der Waals surface area contributed by atoms with Crippen LogP contribution in [0.25, 0.3) is 0 Å². The van der Waals surface area contributed by atoms with Gasteiger partial charge in [-0.1, -0.05) is 6.07 Å². The fourth-order valence-corrected chi connectivity index (χ4v) is 1.88. The van der Waals surface area contributed by atoms with E-state index < -0.39 is 0 Å². The first kappa shape index (κ1) is 17.8. The van der Waals surface area contributed by atoms with Gasteiger partial charge in [-0.15, -0.1) is 12.4 Å². The normalized spacial score (nSPS) is 10.5. The maximum atomic E-state index is 5.50. The van der Waals surface area contributed by atoms with Gasteiger partial charge in [0.15, 0.2) is 5.96 Å². The van der Waals surface area contributed by atoms with Crippen LogP contribution in [0.15, 0.2) is 28.2 Å². The number of methoxy groups -OCH3 is 1. The molecule has 0 saturated heterocycles. The number of hydrogen-bond acceptors (Lipinski definition) is 2. The molecule has 0 spiro atoms. The van der Waals surface area contributed by atoms with Gasteiger partial charge in [0.05, 0.1) is 10.7 Å². The van der Waals surface area contributed by atoms with Crippen molar-refractivity contribution in [1.82, 2.24) is 0 Å². The molecule has 6 N–H and O–H groups in total. The molecule has 0 bridgehead atoms. The van der Waals surface area contributed by atoms with Crippen molar-refractivity contribution in [1.29, 1.82) is 0 Å². The molecule has 0 amide bonds. The van der Waals surface area contributed by atoms with Crippen LogP contribution in [0.3, 0.4) is 0 Å². The zero-order chi connectivity index (χ0) is 13.5. The van der Waals surface area contributed by atoms with Crippen LogP contribution in [-0.4, -0.2) is 25.6 Å². The summed E-state index contributed by atoms with van der Waals surface area (Å²) in [6, 6.07) is 6.00. The van der Waals surface area contributed by atoms with Crippen molar-refractivity contribution in [3.8, 4) is 5.75 Å². The minimum absolute atomic E-state index is 0. The van der Waals surface area contributed by atoms with E-state index >= 15 is 0 Å². The van der Waals surface area contributed by atoms with Crippen molar-refractivity contribution in [3.63, 3.8) is 0 Å². The molecule has 19 heavy (non-hydrogen) atoms. The molecule has 0 heterocycles. The van der Waals surface area contributed by atoms with Crippen LogP contribution in [-0.2, 0) is 6.42 Å². The lowest BCUT2D eigenvalue weighted by Crippen LogP contribution is -2.26. The average Bonchev–Trinajstić information content (AvgIpc) is 2.30. The topological polar surface area (TPSA) is 112 Å². The van der Waals surface area contributed by atoms with Crippen LogP contribution >= 0.6 is 35.0 Å². The number of hydrogen-bond donors (Lipinski definition) is 3. The van der Waals surface area contributed by atoms with Gasteiger partial charge in [0.25, 0.3) is 0 Å². The first-order valence-electron chi connectivity index (χ1n) is 5.25. The molecule has 0 aliphatic carbocycles. The van der Waals surface area contributed by atoms with Gasteiger partial charge < -0.3 is 21.9 Å². The van der Waals surface area contributed by atoms with Gasteiger partial charge in [-0.2, -0.15) is 4.99 Å². The fourth-order valence-electron chi connectivity index (χ4n) is 1.33. The maximum Gasteiger partial charge on any atom is 0.218 e. The van der Waals surface area contributed by atoms with Gasteiger partial charge in [0.1, 0.15) is 5.75 Å². The Hall–Kier alpha value is -1.22. The van der Waals surface area contributed by atoms with Crippen LogP contribution < -0.4 is 21.9 Å². The van der Waals surface area contributed by atoms with Gasteiger partial charge in [-0.25, -0.2) is 0 Å². The smallest absolute Gasteiger partial charge is 0.218 e. The second-order valence-electron chi connectivity index (χ2n) is 3.50. The van der Waals surface area contributed by atoms with Crippen LogP contribution in [0.2, 0.25) is 0 Å². The maximum absolute atomic E-state index is 5.50. The number of ether oxygens (including phenoxy) is 1. The summed E-state index contributed by atoms with van der Waals surface area (Å²) < 4.78 is 6.31. The van der Waals surface area contributed by atoms with E-state index in [1.807, 2.05) is 18.2 Å². The second kappa shape index (κ2) is 8.81. The van der Waals surface area contributed by atoms with E-state index in [1.54, 1.807) is 7.11 Å². The SMILES string of the molecule is COc1cc(CCN=C(N)N=C(N)N)ccc1I.Cl. The molecule has 0 aliphatic heterocycles. The van der Waals surface area contributed by atoms with Gasteiger partial charge in [0.2, 0.25) is 5.96 Å². The molecular formula is C11H17ClIN5O. The van der Waals surface area contributed by atoms with Crippen molar-refractivity contribution < 1.29 is 4.74 Å². The predicted molar refractivity (Wildman–Crippen MR) is 89.0 cm³/mol. The van der Waals surface area contributed by atoms with Crippen molar-refractivity contribution in [2.24, 2.45) is 27.2 Å². The first-order chi connectivity index (χ1) is 8.52. The molecule has 0 aromatic heterocycles. The summed E-state index contributed by atoms with van der Waals surface area (Å²) in [5.41, 5.74) is 17.0. The zero-order valence-electron chi connectivity index (χ0n) is 10.5. The summed E-state index contributed by atoms with van der Waals surface area (Å²) >= 11 is 2.22. The number of rotatable bonds is 4. The zero-order valence-corrected chi connectivity index (χ0v) is 13.4. The van der Waals surface area contributed by atoms with E-state index in [2.05, 4.69) is 32.6 Å². The van der Waals surface area contributed by atoms with Crippen LogP contribution in [0.5, 0.6) is 5.75 Å². The summed E-state index contributed by atoms with van der Waals surface area (Å²) in [4.78, 5) is 7.67. The number of aliphatic imine (C=N–C) groups is 2. The second-order valence-corrected chi connectivity index (χ2v) is 4.66. The minimum Gasteiger partial charge on any atom is -0.496 e. The van der Waals surface area contributed by atoms with Crippen LogP contribution in [0.1, 0.15) is 5.56 Å². The molecule has 0 unspecified atom stereocenters. The molecule has 0 atom stereocenters. The van der Waals surface area contributed by atoms with E-state index in [4.69, 9.17) is 21.9 Å². The largest absolute Gasteiger partial charge is 0.496 e. The van der Waals surface area contributed by atoms with Crippen molar-refractivity contribution in [3.05, 3.63) is 27.3 Å². The Balaban J connectivity index is 0.00000324. The van der Waals surface area contributed by atoms with Gasteiger partial charge >= 0.3 is 0 Å². The molecule has 106 valence electrons. The van der Waals surface area contributed by atoms with E-state index in [9.17, 15) is 0 Å². The highest BCUT2D eigenvalue weighted by Crippen LogP contribution is 2.21. The van der Waals surface area contributed by atoms with Crippen LogP contribution in [0, 0.1) is 3.57 Å². The lowest BCUT2D eigenvalue weighted by atomic mass is 10.1. The number of guanidine groups is 2. The highest BCUT2D eigenvalue weighted by Gasteiger charge is 2.01. The monoisotopic (exact) mass is 397 g/mol. The third-order valence-electron chi connectivity index (χ3n) is 2.13. The summed E-state index contributed by atoms with van der Waals surface area (Å²) in [6.45, 7) is 0.520. The summed E-state index contributed by atoms with van der Waals surface area (Å²) in [7, 11) is 1.65. The molecular weight excluding hydrogens is 381 g/mol. The third kappa shape index (κ3) is 6.48. The minimum atomic E-state index is -0.0906. The van der Waals surface area contributed by atoms with Gasteiger partial charge in [-0.05, 0) is 46.7 Å². The molecule has 1 rings (SSSR count). The summed E-state index contributed by atoms with van der Waals surface area (Å²) in [5, 5.41) is 0.